The molecule has 0 aromatic carbocycles. The first-order chi connectivity index (χ1) is 4.66. The Labute approximate surface area is 62.5 Å². The lowest BCUT2D eigenvalue weighted by molar-refractivity contribution is -1.04. The van der Waals surface area contributed by atoms with Gasteiger partial charge < -0.3 is 5.21 Å². The minimum Gasteiger partial charge on any atom is -0.600 e. The Morgan fingerprint density at radius 3 is 2.60 bits per heavy atom. The molecule has 0 aliphatic heterocycles. The van der Waals surface area contributed by atoms with Crippen LogP contribution in [0.5, 0.6) is 0 Å². The van der Waals surface area contributed by atoms with Crippen molar-refractivity contribution in [1.82, 2.24) is 0 Å². The van der Waals surface area contributed by atoms with Crippen LogP contribution >= 0.6 is 0 Å². The molecule has 2 atom stereocenters. The van der Waals surface area contributed by atoms with E-state index in [0.29, 0.717) is 0 Å². The standard InChI is InChI=1S/C7H17NO2/c1-4-5-6-7(2)10-8(3)9/h7-8H,4-6H2,1-3H3/t7-/m1/s1. The molecule has 0 fully saturated rings. The van der Waals surface area contributed by atoms with Crippen LogP contribution in [0.3, 0.4) is 0 Å². The lowest BCUT2D eigenvalue weighted by atomic mass is 10.2. The van der Waals surface area contributed by atoms with Gasteiger partial charge in [-0.15, -0.1) is 0 Å². The molecule has 0 aliphatic carbocycles. The van der Waals surface area contributed by atoms with Gasteiger partial charge in [0.2, 0.25) is 0 Å². The van der Waals surface area contributed by atoms with E-state index in [0.717, 1.165) is 19.3 Å². The quantitative estimate of drug-likeness (QED) is 0.575. The van der Waals surface area contributed by atoms with Crippen molar-refractivity contribution in [2.24, 2.45) is 0 Å². The van der Waals surface area contributed by atoms with Crippen LogP contribution in [0.15, 0.2) is 0 Å². The molecular weight excluding hydrogens is 130 g/mol. The van der Waals surface area contributed by atoms with Gasteiger partial charge in [-0.05, 0) is 13.3 Å². The fraction of sp³-hybridized carbons (Fsp3) is 1.00. The molecule has 0 aromatic rings. The van der Waals surface area contributed by atoms with Crippen LogP contribution in [-0.2, 0) is 4.84 Å². The number of hydrogen-bond donors (Lipinski definition) is 1. The van der Waals surface area contributed by atoms with Crippen molar-refractivity contribution in [3.05, 3.63) is 5.21 Å². The van der Waals surface area contributed by atoms with Crippen molar-refractivity contribution in [1.29, 1.82) is 0 Å². The normalized spacial score (nSPS) is 16.8. The molecular formula is C7H17NO2. The number of quaternary nitrogens is 1. The zero-order valence-corrected chi connectivity index (χ0v) is 7.02. The van der Waals surface area contributed by atoms with E-state index in [9.17, 15) is 5.21 Å². The lowest BCUT2D eigenvalue weighted by Gasteiger charge is -2.18. The largest absolute Gasteiger partial charge is 0.600 e. The van der Waals surface area contributed by atoms with Crippen molar-refractivity contribution in [2.75, 3.05) is 7.05 Å². The summed E-state index contributed by atoms with van der Waals surface area (Å²) in [5.41, 5.74) is 0. The van der Waals surface area contributed by atoms with Crippen molar-refractivity contribution in [3.8, 4) is 0 Å². The second-order valence-electron chi connectivity index (χ2n) is 2.56. The molecule has 0 bridgehead atoms. The fourth-order valence-electron chi connectivity index (χ4n) is 0.834. The van der Waals surface area contributed by atoms with Crippen LogP contribution in [0.1, 0.15) is 33.1 Å². The van der Waals surface area contributed by atoms with E-state index in [2.05, 4.69) is 6.92 Å². The molecule has 0 rings (SSSR count). The first kappa shape index (κ1) is 9.88. The van der Waals surface area contributed by atoms with Crippen LogP contribution in [0, 0.1) is 5.21 Å². The summed E-state index contributed by atoms with van der Waals surface area (Å²) in [4.78, 5) is 4.91. The summed E-state index contributed by atoms with van der Waals surface area (Å²) in [7, 11) is 1.45. The predicted molar refractivity (Wildman–Crippen MR) is 40.3 cm³/mol. The summed E-state index contributed by atoms with van der Waals surface area (Å²) in [5.74, 6) is 0. The van der Waals surface area contributed by atoms with E-state index in [1.54, 1.807) is 0 Å². The van der Waals surface area contributed by atoms with E-state index in [1.165, 1.54) is 7.05 Å². The molecule has 62 valence electrons. The minimum atomic E-state index is -0.177. The molecule has 0 radical (unpaired) electrons. The van der Waals surface area contributed by atoms with E-state index >= 15 is 0 Å². The van der Waals surface area contributed by atoms with Gasteiger partial charge >= 0.3 is 0 Å². The summed E-state index contributed by atoms with van der Waals surface area (Å²) in [6.07, 6.45) is 3.37. The average Bonchev–Trinajstić information content (AvgIpc) is 1.82. The van der Waals surface area contributed by atoms with Gasteiger partial charge in [0, 0.05) is 0 Å². The van der Waals surface area contributed by atoms with Gasteiger partial charge in [0.25, 0.3) is 0 Å². The molecule has 3 nitrogen and oxygen atoms in total. The first-order valence-corrected chi connectivity index (χ1v) is 3.84. The molecule has 0 heterocycles. The Balaban J connectivity index is 3.16. The Morgan fingerprint density at radius 2 is 2.20 bits per heavy atom. The molecule has 1 N–H and O–H groups in total. The van der Waals surface area contributed by atoms with Gasteiger partial charge in [0.1, 0.15) is 6.10 Å². The van der Waals surface area contributed by atoms with Crippen LogP contribution in [0.4, 0.5) is 0 Å². The Morgan fingerprint density at radius 1 is 1.60 bits per heavy atom. The predicted octanol–water partition coefficient (Wildman–Crippen LogP) is 0.509. The smallest absolute Gasteiger partial charge is 0.114 e. The molecule has 0 aromatic heterocycles. The number of hydrogen-bond acceptors (Lipinski definition) is 2. The summed E-state index contributed by atoms with van der Waals surface area (Å²) < 4.78 is 0. The maximum atomic E-state index is 10.4. The first-order valence-electron chi connectivity index (χ1n) is 3.84. The number of unbranched alkanes of at least 4 members (excludes halogenated alkanes) is 1. The second-order valence-corrected chi connectivity index (χ2v) is 2.56. The van der Waals surface area contributed by atoms with E-state index in [-0.39, 0.29) is 11.3 Å². The highest BCUT2D eigenvalue weighted by Gasteiger charge is 2.02. The van der Waals surface area contributed by atoms with Gasteiger partial charge in [0.05, 0.1) is 7.05 Å². The Kier molecular flexibility index (Phi) is 5.58. The molecule has 0 saturated carbocycles. The third-order valence-electron chi connectivity index (χ3n) is 1.33. The highest BCUT2D eigenvalue weighted by atomic mass is 16.9. The van der Waals surface area contributed by atoms with Crippen LogP contribution in [0.2, 0.25) is 0 Å². The number of hydroxylamine groups is 2. The fourth-order valence-corrected chi connectivity index (χ4v) is 0.834. The van der Waals surface area contributed by atoms with Crippen molar-refractivity contribution in [3.63, 3.8) is 0 Å². The van der Waals surface area contributed by atoms with Gasteiger partial charge in [-0.25, -0.2) is 10.1 Å². The van der Waals surface area contributed by atoms with Crippen LogP contribution < -0.4 is 5.23 Å². The Bertz CT molecular complexity index is 76.0. The maximum absolute atomic E-state index is 10.4. The summed E-state index contributed by atoms with van der Waals surface area (Å²) in [6, 6.07) is 0. The zero-order chi connectivity index (χ0) is 7.98. The number of nitrogens with one attached hydrogen (secondary N) is 1. The van der Waals surface area contributed by atoms with Gasteiger partial charge in [-0.1, -0.05) is 19.8 Å². The van der Waals surface area contributed by atoms with Gasteiger partial charge in [0.15, 0.2) is 0 Å². The number of rotatable bonds is 5. The molecule has 10 heavy (non-hydrogen) atoms. The van der Waals surface area contributed by atoms with E-state index < -0.39 is 0 Å². The lowest BCUT2D eigenvalue weighted by Crippen LogP contribution is -3.03. The SMILES string of the molecule is CCCC[C@@H](C)O[NH+](C)[O-]. The summed E-state index contributed by atoms with van der Waals surface area (Å²) in [5, 5.41) is 10.2. The summed E-state index contributed by atoms with van der Waals surface area (Å²) in [6.45, 7) is 4.05. The highest BCUT2D eigenvalue weighted by Crippen LogP contribution is 2.00. The second kappa shape index (κ2) is 5.65. The Hall–Kier alpha value is -0.120. The molecule has 0 aliphatic rings. The molecule has 0 saturated heterocycles. The van der Waals surface area contributed by atoms with Crippen molar-refractivity contribution < 1.29 is 10.1 Å². The third kappa shape index (κ3) is 6.01. The molecule has 3 heteroatoms. The van der Waals surface area contributed by atoms with Crippen molar-refractivity contribution in [2.45, 2.75) is 39.2 Å². The highest BCUT2D eigenvalue weighted by molar-refractivity contribution is 4.45. The van der Waals surface area contributed by atoms with E-state index in [1.807, 2.05) is 6.92 Å². The maximum Gasteiger partial charge on any atom is 0.114 e. The minimum absolute atomic E-state index is 0.0949. The third-order valence-corrected chi connectivity index (χ3v) is 1.33. The van der Waals surface area contributed by atoms with Crippen LogP contribution in [-0.4, -0.2) is 13.2 Å². The van der Waals surface area contributed by atoms with E-state index in [4.69, 9.17) is 4.84 Å². The van der Waals surface area contributed by atoms with Crippen molar-refractivity contribution >= 4 is 0 Å². The average molecular weight is 147 g/mol. The van der Waals surface area contributed by atoms with Gasteiger partial charge in [-0.2, -0.15) is 0 Å². The monoisotopic (exact) mass is 147 g/mol. The topological polar surface area (TPSA) is 36.7 Å². The molecule has 0 spiro atoms. The molecule has 0 amide bonds. The zero-order valence-electron chi connectivity index (χ0n) is 7.02. The van der Waals surface area contributed by atoms with Gasteiger partial charge in [-0.3, -0.25) is 0 Å². The molecule has 1 unspecified atom stereocenters. The van der Waals surface area contributed by atoms with Crippen LogP contribution in [0.25, 0.3) is 0 Å². The summed E-state index contributed by atoms with van der Waals surface area (Å²) >= 11 is 0.